The van der Waals surface area contributed by atoms with E-state index in [1.807, 2.05) is 0 Å². The zero-order chi connectivity index (χ0) is 10.2. The fourth-order valence-electron chi connectivity index (χ4n) is 0.813. The molecule has 0 aromatic heterocycles. The van der Waals surface area contributed by atoms with E-state index in [4.69, 9.17) is 34.8 Å². The molecule has 0 unspecified atom stereocenters. The largest absolute Gasteiger partial charge is 0.221 e. The monoisotopic (exact) mass is 308 g/mol. The van der Waals surface area contributed by atoms with Crippen molar-refractivity contribution in [3.63, 3.8) is 0 Å². The van der Waals surface area contributed by atoms with Crippen molar-refractivity contribution in [2.75, 3.05) is 0 Å². The summed E-state index contributed by atoms with van der Waals surface area (Å²) in [5.74, 6) is -1.79. The smallest absolute Gasteiger partial charge is 0.206 e. The van der Waals surface area contributed by atoms with Crippen LogP contribution in [-0.4, -0.2) is 0 Å². The van der Waals surface area contributed by atoms with Crippen LogP contribution >= 0.6 is 50.7 Å². The van der Waals surface area contributed by atoms with Gasteiger partial charge in [0.15, 0.2) is 0 Å². The third kappa shape index (κ3) is 2.69. The molecule has 0 aliphatic carbocycles. The zero-order valence-corrected chi connectivity index (χ0v) is 9.78. The Balaban J connectivity index is 3.38. The Bertz CT molecular complexity index is 312. The first-order valence-corrected chi connectivity index (χ1v) is 4.97. The molecule has 0 spiro atoms. The molecule has 0 atom stereocenters. The van der Waals surface area contributed by atoms with Crippen LogP contribution in [0.5, 0.6) is 0 Å². The van der Waals surface area contributed by atoms with Gasteiger partial charge in [0.2, 0.25) is 3.79 Å². The van der Waals surface area contributed by atoms with Crippen molar-refractivity contribution in [3.05, 3.63) is 33.8 Å². The summed E-state index contributed by atoms with van der Waals surface area (Å²) >= 11 is 19.0. The van der Waals surface area contributed by atoms with Crippen LogP contribution in [0.4, 0.5) is 8.78 Å². The van der Waals surface area contributed by atoms with Gasteiger partial charge in [0.05, 0.1) is 5.56 Å². The van der Waals surface area contributed by atoms with E-state index < -0.39 is 21.0 Å². The van der Waals surface area contributed by atoms with Crippen molar-refractivity contribution in [3.8, 4) is 0 Å². The molecule has 0 aliphatic rings. The standard InChI is InChI=1S/C7H2BrCl3F2/c8-3-1-4(12)6(5(13)2-3)7(9,10)11/h1-2H. The first-order chi connectivity index (χ1) is 5.82. The Morgan fingerprint density at radius 2 is 1.46 bits per heavy atom. The van der Waals surface area contributed by atoms with E-state index >= 15 is 0 Å². The first kappa shape index (κ1) is 11.5. The molecule has 72 valence electrons. The van der Waals surface area contributed by atoms with E-state index in [0.717, 1.165) is 12.1 Å². The lowest BCUT2D eigenvalue weighted by Crippen LogP contribution is -2.07. The molecule has 0 N–H and O–H groups in total. The minimum atomic E-state index is -2.09. The van der Waals surface area contributed by atoms with Crippen molar-refractivity contribution in [1.82, 2.24) is 0 Å². The minimum Gasteiger partial charge on any atom is -0.206 e. The van der Waals surface area contributed by atoms with Gasteiger partial charge in [0.25, 0.3) is 0 Å². The summed E-state index contributed by atoms with van der Waals surface area (Å²) in [6, 6.07) is 2.06. The van der Waals surface area contributed by atoms with E-state index in [2.05, 4.69) is 15.9 Å². The lowest BCUT2D eigenvalue weighted by atomic mass is 10.2. The van der Waals surface area contributed by atoms with Crippen LogP contribution in [0, 0.1) is 11.6 Å². The summed E-state index contributed by atoms with van der Waals surface area (Å²) in [4.78, 5) is 0. The van der Waals surface area contributed by atoms with Crippen molar-refractivity contribution in [2.45, 2.75) is 3.79 Å². The van der Waals surface area contributed by atoms with Crippen LogP contribution in [0.25, 0.3) is 0 Å². The Kier molecular flexibility index (Phi) is 3.44. The number of rotatable bonds is 0. The molecular weight excluding hydrogens is 308 g/mol. The SMILES string of the molecule is Fc1cc(Br)cc(F)c1C(Cl)(Cl)Cl. The quantitative estimate of drug-likeness (QED) is 0.617. The Morgan fingerprint density at radius 3 is 1.77 bits per heavy atom. The Hall–Kier alpha value is 0.430. The molecule has 0 nitrogen and oxygen atoms in total. The Labute approximate surface area is 96.9 Å². The highest BCUT2D eigenvalue weighted by molar-refractivity contribution is 9.10. The molecule has 1 aromatic rings. The maximum Gasteiger partial charge on any atom is 0.221 e. The highest BCUT2D eigenvalue weighted by atomic mass is 79.9. The van der Waals surface area contributed by atoms with Crippen molar-refractivity contribution in [2.24, 2.45) is 0 Å². The van der Waals surface area contributed by atoms with Crippen molar-refractivity contribution < 1.29 is 8.78 Å². The summed E-state index contributed by atoms with van der Waals surface area (Å²) in [6.07, 6.45) is 0. The summed E-state index contributed by atoms with van der Waals surface area (Å²) < 4.78 is 24.3. The van der Waals surface area contributed by atoms with Gasteiger partial charge in [-0.3, -0.25) is 0 Å². The summed E-state index contributed by atoms with van der Waals surface area (Å²) in [7, 11) is 0. The second kappa shape index (κ2) is 3.89. The number of hydrogen-bond acceptors (Lipinski definition) is 0. The third-order valence-corrected chi connectivity index (χ3v) is 2.32. The van der Waals surface area contributed by atoms with E-state index in [-0.39, 0.29) is 4.47 Å². The van der Waals surface area contributed by atoms with Gasteiger partial charge in [0.1, 0.15) is 11.6 Å². The summed E-state index contributed by atoms with van der Waals surface area (Å²) in [5.41, 5.74) is -0.569. The predicted molar refractivity (Wildman–Crippen MR) is 53.3 cm³/mol. The molecule has 0 radical (unpaired) electrons. The van der Waals surface area contributed by atoms with Gasteiger partial charge < -0.3 is 0 Å². The molecule has 6 heteroatoms. The van der Waals surface area contributed by atoms with Gasteiger partial charge in [-0.15, -0.1) is 0 Å². The van der Waals surface area contributed by atoms with Crippen LogP contribution in [0.1, 0.15) is 5.56 Å². The molecule has 1 aromatic carbocycles. The number of halogens is 6. The number of alkyl halides is 3. The van der Waals surface area contributed by atoms with Gasteiger partial charge in [-0.25, -0.2) is 8.78 Å². The van der Waals surface area contributed by atoms with Gasteiger partial charge in [-0.05, 0) is 12.1 Å². The highest BCUT2D eigenvalue weighted by Gasteiger charge is 2.30. The molecule has 0 heterocycles. The topological polar surface area (TPSA) is 0 Å². The molecule has 0 aliphatic heterocycles. The zero-order valence-electron chi connectivity index (χ0n) is 5.92. The molecule has 0 saturated carbocycles. The van der Waals surface area contributed by atoms with Crippen molar-refractivity contribution >= 4 is 50.7 Å². The fourth-order valence-corrected chi connectivity index (χ4v) is 1.76. The van der Waals surface area contributed by atoms with Crippen LogP contribution in [0.2, 0.25) is 0 Å². The number of benzene rings is 1. The molecule has 13 heavy (non-hydrogen) atoms. The van der Waals surface area contributed by atoms with E-state index in [1.165, 1.54) is 0 Å². The maximum absolute atomic E-state index is 13.1. The second-order valence-corrected chi connectivity index (χ2v) is 5.44. The molecule has 0 saturated heterocycles. The number of hydrogen-bond donors (Lipinski definition) is 0. The maximum atomic E-state index is 13.1. The molecule has 0 fully saturated rings. The third-order valence-electron chi connectivity index (χ3n) is 1.29. The van der Waals surface area contributed by atoms with E-state index in [9.17, 15) is 8.78 Å². The van der Waals surface area contributed by atoms with Gasteiger partial charge in [-0.1, -0.05) is 50.7 Å². The van der Waals surface area contributed by atoms with E-state index in [1.54, 1.807) is 0 Å². The molecule has 0 amide bonds. The van der Waals surface area contributed by atoms with Crippen LogP contribution in [0.15, 0.2) is 16.6 Å². The molecular formula is C7H2BrCl3F2. The average Bonchev–Trinajstić information content (AvgIpc) is 1.78. The summed E-state index contributed by atoms with van der Waals surface area (Å²) in [5, 5.41) is 0. The lowest BCUT2D eigenvalue weighted by molar-refractivity contribution is 0.558. The minimum absolute atomic E-state index is 0.250. The molecule has 0 bridgehead atoms. The van der Waals surface area contributed by atoms with Crippen LogP contribution < -0.4 is 0 Å². The first-order valence-electron chi connectivity index (χ1n) is 3.04. The highest BCUT2D eigenvalue weighted by Crippen LogP contribution is 2.41. The average molecular weight is 310 g/mol. The van der Waals surface area contributed by atoms with E-state index in [0.29, 0.717) is 0 Å². The van der Waals surface area contributed by atoms with Gasteiger partial charge in [0, 0.05) is 4.47 Å². The fraction of sp³-hybridized carbons (Fsp3) is 0.143. The van der Waals surface area contributed by atoms with Gasteiger partial charge >= 0.3 is 0 Å². The van der Waals surface area contributed by atoms with Crippen LogP contribution in [0.3, 0.4) is 0 Å². The molecule has 1 rings (SSSR count). The van der Waals surface area contributed by atoms with Crippen molar-refractivity contribution in [1.29, 1.82) is 0 Å². The van der Waals surface area contributed by atoms with Gasteiger partial charge in [-0.2, -0.15) is 0 Å². The summed E-state index contributed by atoms with van der Waals surface area (Å²) in [6.45, 7) is 0. The van der Waals surface area contributed by atoms with Crippen LogP contribution in [-0.2, 0) is 3.79 Å². The Morgan fingerprint density at radius 1 is 1.08 bits per heavy atom. The second-order valence-electron chi connectivity index (χ2n) is 2.24. The predicted octanol–water partition coefficient (Wildman–Crippen LogP) is 4.55. The normalized spacial score (nSPS) is 11.8. The lowest BCUT2D eigenvalue weighted by Gasteiger charge is -2.13.